The van der Waals surface area contributed by atoms with Crippen molar-refractivity contribution in [3.63, 3.8) is 0 Å². The zero-order valence-corrected chi connectivity index (χ0v) is 14.8. The second-order valence-corrected chi connectivity index (χ2v) is 7.53. The van der Waals surface area contributed by atoms with Gasteiger partial charge in [0.15, 0.2) is 0 Å². The number of carbonyl (C=O) groups is 1. The number of nitrogens with one attached hydrogen (secondary N) is 1. The predicted octanol–water partition coefficient (Wildman–Crippen LogP) is 2.98. The number of urea groups is 1. The summed E-state index contributed by atoms with van der Waals surface area (Å²) in [6.45, 7) is 5.94. The molecule has 130 valence electrons. The van der Waals surface area contributed by atoms with Gasteiger partial charge in [0.05, 0.1) is 19.3 Å². The molecule has 6 heteroatoms. The molecule has 0 spiro atoms. The first-order valence-electron chi connectivity index (χ1n) is 8.78. The second-order valence-electron chi connectivity index (χ2n) is 7.12. The van der Waals surface area contributed by atoms with Crippen LogP contribution in [0.5, 0.6) is 0 Å². The van der Waals surface area contributed by atoms with Gasteiger partial charge in [0, 0.05) is 36.4 Å². The van der Waals surface area contributed by atoms with E-state index in [2.05, 4.69) is 10.2 Å². The molecule has 1 aromatic carbocycles. The Morgan fingerprint density at radius 1 is 1.29 bits per heavy atom. The molecule has 1 aromatic rings. The summed E-state index contributed by atoms with van der Waals surface area (Å²) in [6, 6.07) is 6.42. The van der Waals surface area contributed by atoms with Gasteiger partial charge in [-0.05, 0) is 43.4 Å². The standard InChI is InChI=1S/C18H24ClN3O2/c1-12-15(19)3-2-4-16(12)20-18(23)21-7-8-22-14(9-21)10-24-11-17(22)13-5-6-13/h2-4,13-14,17H,5-11H2,1H3,(H,20,23)/t14-,17-/m1/s1. The highest BCUT2D eigenvalue weighted by atomic mass is 35.5. The first-order chi connectivity index (χ1) is 11.6. The van der Waals surface area contributed by atoms with Gasteiger partial charge in [0.2, 0.25) is 0 Å². The molecule has 3 fully saturated rings. The number of halogens is 1. The molecule has 3 aliphatic rings. The van der Waals surface area contributed by atoms with E-state index in [1.807, 2.05) is 30.0 Å². The van der Waals surface area contributed by atoms with E-state index >= 15 is 0 Å². The van der Waals surface area contributed by atoms with E-state index in [1.165, 1.54) is 12.8 Å². The van der Waals surface area contributed by atoms with Crippen LogP contribution < -0.4 is 5.32 Å². The molecule has 2 atom stereocenters. The Hall–Kier alpha value is -1.30. The van der Waals surface area contributed by atoms with Crippen molar-refractivity contribution in [1.29, 1.82) is 0 Å². The van der Waals surface area contributed by atoms with E-state index in [-0.39, 0.29) is 6.03 Å². The Morgan fingerprint density at radius 3 is 2.92 bits per heavy atom. The lowest BCUT2D eigenvalue weighted by atomic mass is 10.0. The van der Waals surface area contributed by atoms with Crippen LogP contribution in [-0.2, 0) is 4.74 Å². The van der Waals surface area contributed by atoms with Crippen molar-refractivity contribution in [2.75, 3.05) is 38.2 Å². The summed E-state index contributed by atoms with van der Waals surface area (Å²) in [7, 11) is 0. The van der Waals surface area contributed by atoms with Crippen molar-refractivity contribution in [2.24, 2.45) is 5.92 Å². The smallest absolute Gasteiger partial charge is 0.321 e. The quantitative estimate of drug-likeness (QED) is 0.892. The SMILES string of the molecule is Cc1c(Cl)cccc1NC(=O)N1CCN2[C@@H](COC[C@@H]2C2CC2)C1. The Kier molecular flexibility index (Phi) is 4.41. The van der Waals surface area contributed by atoms with Crippen LogP contribution in [0.1, 0.15) is 18.4 Å². The van der Waals surface area contributed by atoms with Crippen molar-refractivity contribution >= 4 is 23.3 Å². The van der Waals surface area contributed by atoms with Crippen LogP contribution in [0.3, 0.4) is 0 Å². The molecule has 24 heavy (non-hydrogen) atoms. The lowest BCUT2D eigenvalue weighted by Gasteiger charge is -2.48. The average molecular weight is 350 g/mol. The molecular formula is C18H24ClN3O2. The van der Waals surface area contributed by atoms with Crippen LogP contribution in [0, 0.1) is 12.8 Å². The van der Waals surface area contributed by atoms with Gasteiger partial charge in [0.25, 0.3) is 0 Å². The first-order valence-corrected chi connectivity index (χ1v) is 9.16. The highest BCUT2D eigenvalue weighted by Crippen LogP contribution is 2.38. The number of amides is 2. The number of rotatable bonds is 2. The molecule has 5 nitrogen and oxygen atoms in total. The second kappa shape index (κ2) is 6.54. The third-order valence-electron chi connectivity index (χ3n) is 5.52. The van der Waals surface area contributed by atoms with E-state index in [0.717, 1.165) is 50.0 Å². The van der Waals surface area contributed by atoms with Crippen LogP contribution in [0.4, 0.5) is 10.5 Å². The molecule has 2 amide bonds. The molecule has 1 saturated carbocycles. The summed E-state index contributed by atoms with van der Waals surface area (Å²) in [5.41, 5.74) is 1.69. The van der Waals surface area contributed by atoms with Crippen LogP contribution in [0.15, 0.2) is 18.2 Å². The van der Waals surface area contributed by atoms with E-state index in [9.17, 15) is 4.79 Å². The van der Waals surface area contributed by atoms with Crippen molar-refractivity contribution in [2.45, 2.75) is 31.8 Å². The van der Waals surface area contributed by atoms with Gasteiger partial charge >= 0.3 is 6.03 Å². The molecule has 0 radical (unpaired) electrons. The van der Waals surface area contributed by atoms with Gasteiger partial charge < -0.3 is 15.0 Å². The maximum absolute atomic E-state index is 12.6. The topological polar surface area (TPSA) is 44.8 Å². The Bertz CT molecular complexity index is 635. The minimum Gasteiger partial charge on any atom is -0.378 e. The zero-order valence-electron chi connectivity index (χ0n) is 14.0. The third-order valence-corrected chi connectivity index (χ3v) is 5.93. The fraction of sp³-hybridized carbons (Fsp3) is 0.611. The highest BCUT2D eigenvalue weighted by Gasteiger charge is 2.43. The predicted molar refractivity (Wildman–Crippen MR) is 94.6 cm³/mol. The first kappa shape index (κ1) is 16.2. The van der Waals surface area contributed by atoms with Crippen molar-refractivity contribution in [3.05, 3.63) is 28.8 Å². The van der Waals surface area contributed by atoms with Gasteiger partial charge in [0.1, 0.15) is 0 Å². The molecule has 0 unspecified atom stereocenters. The lowest BCUT2D eigenvalue weighted by Crippen LogP contribution is -2.63. The number of hydrogen-bond acceptors (Lipinski definition) is 3. The molecule has 4 rings (SSSR count). The van der Waals surface area contributed by atoms with Gasteiger partial charge in [-0.3, -0.25) is 4.90 Å². The summed E-state index contributed by atoms with van der Waals surface area (Å²) >= 11 is 6.14. The van der Waals surface area contributed by atoms with Gasteiger partial charge in [-0.2, -0.15) is 0 Å². The minimum absolute atomic E-state index is 0.0476. The number of morpholine rings is 1. The Morgan fingerprint density at radius 2 is 2.12 bits per heavy atom. The number of carbonyl (C=O) groups excluding carboxylic acids is 1. The van der Waals surface area contributed by atoms with Crippen molar-refractivity contribution < 1.29 is 9.53 Å². The summed E-state index contributed by atoms with van der Waals surface area (Å²) in [4.78, 5) is 17.1. The zero-order chi connectivity index (χ0) is 16.7. The minimum atomic E-state index is -0.0476. The molecule has 2 aliphatic heterocycles. The molecule has 1 aliphatic carbocycles. The van der Waals surface area contributed by atoms with Crippen molar-refractivity contribution in [1.82, 2.24) is 9.80 Å². The average Bonchev–Trinajstić information content (AvgIpc) is 3.43. The Balaban J connectivity index is 1.40. The molecule has 1 N–H and O–H groups in total. The molecular weight excluding hydrogens is 326 g/mol. The largest absolute Gasteiger partial charge is 0.378 e. The molecule has 2 heterocycles. The monoisotopic (exact) mass is 349 g/mol. The van der Waals surface area contributed by atoms with E-state index in [4.69, 9.17) is 16.3 Å². The summed E-state index contributed by atoms with van der Waals surface area (Å²) in [5.74, 6) is 0.808. The number of nitrogens with zero attached hydrogens (tertiary/aromatic N) is 2. The van der Waals surface area contributed by atoms with E-state index in [1.54, 1.807) is 0 Å². The van der Waals surface area contributed by atoms with Crippen LogP contribution in [0.2, 0.25) is 5.02 Å². The molecule has 0 bridgehead atoms. The maximum Gasteiger partial charge on any atom is 0.321 e. The molecule has 2 saturated heterocycles. The maximum atomic E-state index is 12.6. The van der Waals surface area contributed by atoms with Crippen molar-refractivity contribution in [3.8, 4) is 0 Å². The number of benzene rings is 1. The normalized spacial score (nSPS) is 27.7. The fourth-order valence-electron chi connectivity index (χ4n) is 3.88. The summed E-state index contributed by atoms with van der Waals surface area (Å²) < 4.78 is 5.82. The summed E-state index contributed by atoms with van der Waals surface area (Å²) in [5, 5.41) is 3.68. The lowest BCUT2D eigenvalue weighted by molar-refractivity contribution is -0.0796. The van der Waals surface area contributed by atoms with Gasteiger partial charge in [-0.15, -0.1) is 0 Å². The molecule has 0 aromatic heterocycles. The third kappa shape index (κ3) is 3.13. The fourth-order valence-corrected chi connectivity index (χ4v) is 4.06. The van der Waals surface area contributed by atoms with Gasteiger partial charge in [-0.25, -0.2) is 4.79 Å². The van der Waals surface area contributed by atoms with E-state index in [0.29, 0.717) is 17.1 Å². The Labute approximate surface area is 147 Å². The number of anilines is 1. The highest BCUT2D eigenvalue weighted by molar-refractivity contribution is 6.31. The van der Waals surface area contributed by atoms with Crippen LogP contribution in [-0.4, -0.2) is 60.8 Å². The number of piperazine rings is 1. The number of fused-ring (bicyclic) bond motifs is 1. The van der Waals surface area contributed by atoms with E-state index < -0.39 is 0 Å². The van der Waals surface area contributed by atoms with Gasteiger partial charge in [-0.1, -0.05) is 17.7 Å². The summed E-state index contributed by atoms with van der Waals surface area (Å²) in [6.07, 6.45) is 2.66. The van der Waals surface area contributed by atoms with Crippen LogP contribution >= 0.6 is 11.6 Å². The van der Waals surface area contributed by atoms with Crippen LogP contribution in [0.25, 0.3) is 0 Å². The number of hydrogen-bond donors (Lipinski definition) is 1. The number of ether oxygens (including phenoxy) is 1.